The Kier molecular flexibility index (Phi) is 9.78. The van der Waals surface area contributed by atoms with E-state index in [1.165, 1.54) is 23.9 Å². The summed E-state index contributed by atoms with van der Waals surface area (Å²) in [4.78, 5) is 25.1. The maximum Gasteiger partial charge on any atom is 0.345 e. The lowest BCUT2D eigenvalue weighted by atomic mass is 10.2. The molecule has 1 N–H and O–H groups in total. The highest BCUT2D eigenvalue weighted by molar-refractivity contribution is 6.36. The molecule has 0 bridgehead atoms. The average Bonchev–Trinajstić information content (AvgIpc) is 2.94. The molecule has 4 aromatic carbocycles. The number of nitrogens with one attached hydrogen (secondary N) is 1. The van der Waals surface area contributed by atoms with Crippen LogP contribution in [0, 0.1) is 6.92 Å². The van der Waals surface area contributed by atoms with Crippen molar-refractivity contribution in [3.63, 3.8) is 0 Å². The predicted molar refractivity (Wildman–Crippen MR) is 156 cm³/mol. The van der Waals surface area contributed by atoms with E-state index >= 15 is 0 Å². The molecular weight excluding hydrogens is 551 g/mol. The van der Waals surface area contributed by atoms with Crippen LogP contribution in [0.25, 0.3) is 0 Å². The van der Waals surface area contributed by atoms with Crippen LogP contribution in [-0.2, 0) is 6.61 Å². The van der Waals surface area contributed by atoms with Crippen molar-refractivity contribution >= 4 is 41.3 Å². The molecule has 0 radical (unpaired) electrons. The molecule has 9 heteroatoms. The van der Waals surface area contributed by atoms with Gasteiger partial charge in [0.2, 0.25) is 0 Å². The number of halogens is 2. The quantitative estimate of drug-likeness (QED) is 0.0928. The summed E-state index contributed by atoms with van der Waals surface area (Å²) in [5, 5.41) is 4.62. The number of hydrogen-bond acceptors (Lipinski definition) is 6. The molecule has 0 aliphatic rings. The van der Waals surface area contributed by atoms with Gasteiger partial charge in [-0.15, -0.1) is 0 Å². The second-order valence-electron chi connectivity index (χ2n) is 8.65. The average molecular weight is 577 g/mol. The SMILES string of the molecule is CCOc1cc(C=NNC(=O)c2ccc(OCc3ccc(C)cc3)cc2)ccc1OC(=O)c1ccc(Cl)cc1Cl. The van der Waals surface area contributed by atoms with E-state index in [2.05, 4.69) is 10.5 Å². The van der Waals surface area contributed by atoms with Gasteiger partial charge in [-0.2, -0.15) is 5.10 Å². The fourth-order valence-corrected chi connectivity index (χ4v) is 4.04. The minimum atomic E-state index is -0.650. The summed E-state index contributed by atoms with van der Waals surface area (Å²) in [5.74, 6) is 0.170. The van der Waals surface area contributed by atoms with Crippen molar-refractivity contribution in [2.24, 2.45) is 5.10 Å². The fraction of sp³-hybridized carbons (Fsp3) is 0.129. The van der Waals surface area contributed by atoms with Crippen LogP contribution in [0.5, 0.6) is 17.2 Å². The molecule has 0 heterocycles. The number of esters is 1. The zero-order chi connectivity index (χ0) is 28.5. The molecule has 0 saturated heterocycles. The van der Waals surface area contributed by atoms with Crippen LogP contribution >= 0.6 is 23.2 Å². The van der Waals surface area contributed by atoms with Gasteiger partial charge in [0.25, 0.3) is 5.91 Å². The van der Waals surface area contributed by atoms with Crippen LogP contribution in [0.1, 0.15) is 44.3 Å². The highest BCUT2D eigenvalue weighted by Gasteiger charge is 2.16. The Morgan fingerprint density at radius 2 is 1.62 bits per heavy atom. The lowest BCUT2D eigenvalue weighted by Crippen LogP contribution is -2.17. The third-order valence-corrected chi connectivity index (χ3v) is 6.19. The summed E-state index contributed by atoms with van der Waals surface area (Å²) in [6, 6.07) is 24.3. The number of amides is 1. The molecule has 40 heavy (non-hydrogen) atoms. The van der Waals surface area contributed by atoms with Gasteiger partial charge in [0, 0.05) is 10.6 Å². The molecule has 0 aliphatic heterocycles. The van der Waals surface area contributed by atoms with Gasteiger partial charge in [-0.3, -0.25) is 4.79 Å². The Morgan fingerprint density at radius 3 is 2.33 bits per heavy atom. The van der Waals surface area contributed by atoms with E-state index in [0.29, 0.717) is 40.9 Å². The molecule has 0 aromatic heterocycles. The highest BCUT2D eigenvalue weighted by Crippen LogP contribution is 2.30. The first-order valence-electron chi connectivity index (χ1n) is 12.4. The van der Waals surface area contributed by atoms with Crippen molar-refractivity contribution < 1.29 is 23.8 Å². The lowest BCUT2D eigenvalue weighted by Gasteiger charge is -2.12. The molecule has 1 amide bonds. The van der Waals surface area contributed by atoms with Crippen LogP contribution in [0.2, 0.25) is 10.0 Å². The van der Waals surface area contributed by atoms with E-state index < -0.39 is 5.97 Å². The number of nitrogens with zero attached hydrogens (tertiary/aromatic N) is 1. The Balaban J connectivity index is 1.35. The zero-order valence-corrected chi connectivity index (χ0v) is 23.3. The Hall–Kier alpha value is -4.33. The second-order valence-corrected chi connectivity index (χ2v) is 9.49. The summed E-state index contributed by atoms with van der Waals surface area (Å²) in [6.45, 7) is 4.62. The van der Waals surface area contributed by atoms with Gasteiger partial charge >= 0.3 is 5.97 Å². The maximum absolute atomic E-state index is 12.6. The number of aryl methyl sites for hydroxylation is 1. The van der Waals surface area contributed by atoms with Crippen LogP contribution in [-0.4, -0.2) is 24.7 Å². The van der Waals surface area contributed by atoms with Gasteiger partial charge in [0.05, 0.1) is 23.4 Å². The number of carbonyl (C=O) groups excluding carboxylic acids is 2. The zero-order valence-electron chi connectivity index (χ0n) is 21.8. The summed E-state index contributed by atoms with van der Waals surface area (Å²) in [7, 11) is 0. The van der Waals surface area contributed by atoms with Crippen molar-refractivity contribution in [3.8, 4) is 17.2 Å². The van der Waals surface area contributed by atoms with E-state index in [0.717, 1.165) is 5.56 Å². The Bertz CT molecular complexity index is 1520. The van der Waals surface area contributed by atoms with Crippen LogP contribution in [0.15, 0.2) is 90.0 Å². The molecule has 0 aliphatic carbocycles. The highest BCUT2D eigenvalue weighted by atomic mass is 35.5. The molecule has 0 fully saturated rings. The molecule has 204 valence electrons. The number of hydrogen-bond donors (Lipinski definition) is 1. The van der Waals surface area contributed by atoms with Gasteiger partial charge < -0.3 is 14.2 Å². The van der Waals surface area contributed by atoms with Crippen molar-refractivity contribution in [2.45, 2.75) is 20.5 Å². The van der Waals surface area contributed by atoms with Gasteiger partial charge in [0.15, 0.2) is 11.5 Å². The second kappa shape index (κ2) is 13.6. The van der Waals surface area contributed by atoms with E-state index in [9.17, 15) is 9.59 Å². The van der Waals surface area contributed by atoms with E-state index in [4.69, 9.17) is 37.4 Å². The number of ether oxygens (including phenoxy) is 3. The molecule has 7 nitrogen and oxygen atoms in total. The van der Waals surface area contributed by atoms with Crippen molar-refractivity contribution in [1.82, 2.24) is 5.43 Å². The Labute approximate surface area is 242 Å². The molecule has 0 spiro atoms. The van der Waals surface area contributed by atoms with E-state index in [1.54, 1.807) is 48.5 Å². The van der Waals surface area contributed by atoms with E-state index in [1.807, 2.05) is 38.1 Å². The normalized spacial score (nSPS) is 10.8. The third kappa shape index (κ3) is 7.85. The van der Waals surface area contributed by atoms with E-state index in [-0.39, 0.29) is 22.2 Å². The maximum atomic E-state index is 12.6. The first kappa shape index (κ1) is 28.7. The van der Waals surface area contributed by atoms with Crippen molar-refractivity contribution in [3.05, 3.63) is 123 Å². The summed E-state index contributed by atoms with van der Waals surface area (Å²) >= 11 is 12.0. The number of carbonyl (C=O) groups is 2. The molecule has 0 saturated carbocycles. The first-order valence-corrected chi connectivity index (χ1v) is 13.1. The predicted octanol–water partition coefficient (Wildman–Crippen LogP) is 7.26. The first-order chi connectivity index (χ1) is 19.3. The van der Waals surface area contributed by atoms with Crippen molar-refractivity contribution in [2.75, 3.05) is 6.61 Å². The standard InChI is InChI=1S/C31H26Cl2N2O5/c1-3-38-29-16-22(8-15-28(29)40-31(37)26-14-11-24(32)17-27(26)33)18-34-35-30(36)23-9-12-25(13-10-23)39-19-21-6-4-20(2)5-7-21/h4-18H,3,19H2,1-2H3,(H,35,36). The molecule has 0 unspecified atom stereocenters. The molecular formula is C31H26Cl2N2O5. The largest absolute Gasteiger partial charge is 0.490 e. The summed E-state index contributed by atoms with van der Waals surface area (Å²) in [6.07, 6.45) is 1.46. The van der Waals surface area contributed by atoms with Gasteiger partial charge in [-0.1, -0.05) is 53.0 Å². The fourth-order valence-electron chi connectivity index (χ4n) is 3.55. The minimum absolute atomic E-state index is 0.174. The van der Waals surface area contributed by atoms with Gasteiger partial charge in [0.1, 0.15) is 12.4 Å². The number of hydrazone groups is 1. The minimum Gasteiger partial charge on any atom is -0.490 e. The van der Waals surface area contributed by atoms with Crippen LogP contribution in [0.3, 0.4) is 0 Å². The molecule has 4 aromatic rings. The number of rotatable bonds is 10. The third-order valence-electron chi connectivity index (χ3n) is 5.64. The summed E-state index contributed by atoms with van der Waals surface area (Å²) < 4.78 is 16.9. The lowest BCUT2D eigenvalue weighted by molar-refractivity contribution is 0.0728. The Morgan fingerprint density at radius 1 is 0.875 bits per heavy atom. The van der Waals surface area contributed by atoms with Crippen LogP contribution in [0.4, 0.5) is 0 Å². The molecule has 4 rings (SSSR count). The van der Waals surface area contributed by atoms with Crippen LogP contribution < -0.4 is 19.6 Å². The smallest absolute Gasteiger partial charge is 0.345 e. The van der Waals surface area contributed by atoms with Gasteiger partial charge in [-0.05, 0) is 85.6 Å². The number of benzene rings is 4. The van der Waals surface area contributed by atoms with Crippen molar-refractivity contribution in [1.29, 1.82) is 0 Å². The van der Waals surface area contributed by atoms with Gasteiger partial charge in [-0.25, -0.2) is 10.2 Å². The topological polar surface area (TPSA) is 86.2 Å². The molecule has 0 atom stereocenters. The summed E-state index contributed by atoms with van der Waals surface area (Å²) in [5.41, 5.74) is 5.97. The monoisotopic (exact) mass is 576 g/mol.